The van der Waals surface area contributed by atoms with Gasteiger partial charge in [0, 0.05) is 12.4 Å². The first-order chi connectivity index (χ1) is 9.99. The lowest BCUT2D eigenvalue weighted by atomic mass is 9.98. The number of hydrogen-bond acceptors (Lipinski definition) is 6. The van der Waals surface area contributed by atoms with Gasteiger partial charge in [-0.1, -0.05) is 6.92 Å². The van der Waals surface area contributed by atoms with Gasteiger partial charge in [0.25, 0.3) is 5.91 Å². The molecule has 0 unspecified atom stereocenters. The Labute approximate surface area is 122 Å². The number of nitrogens with one attached hydrogen (secondary N) is 1. The van der Waals surface area contributed by atoms with E-state index in [0.29, 0.717) is 5.56 Å². The van der Waals surface area contributed by atoms with Crippen molar-refractivity contribution in [2.45, 2.75) is 19.4 Å². The van der Waals surface area contributed by atoms with Gasteiger partial charge in [0.2, 0.25) is 0 Å². The van der Waals surface area contributed by atoms with Crippen molar-refractivity contribution >= 4 is 17.8 Å². The number of aromatic nitrogens is 1. The maximum Gasteiger partial charge on any atom is 0.328 e. The van der Waals surface area contributed by atoms with Gasteiger partial charge in [0.15, 0.2) is 0 Å². The number of rotatable bonds is 6. The van der Waals surface area contributed by atoms with Gasteiger partial charge in [-0.2, -0.15) is 0 Å². The minimum atomic E-state index is -0.943. The Morgan fingerprint density at radius 1 is 1.29 bits per heavy atom. The molecule has 7 nitrogen and oxygen atoms in total. The van der Waals surface area contributed by atoms with E-state index in [4.69, 9.17) is 0 Å². The van der Waals surface area contributed by atoms with Crippen molar-refractivity contribution in [3.63, 3.8) is 0 Å². The van der Waals surface area contributed by atoms with Crippen molar-refractivity contribution in [2.75, 3.05) is 14.2 Å². The first-order valence-corrected chi connectivity index (χ1v) is 6.35. The maximum atomic E-state index is 12.1. The molecule has 0 aromatic carbocycles. The fourth-order valence-electron chi connectivity index (χ4n) is 1.75. The maximum absolute atomic E-state index is 12.1. The summed E-state index contributed by atoms with van der Waals surface area (Å²) < 4.78 is 9.22. The van der Waals surface area contributed by atoms with Gasteiger partial charge in [-0.05, 0) is 18.1 Å². The summed E-state index contributed by atoms with van der Waals surface area (Å²) in [5.74, 6) is -2.02. The van der Waals surface area contributed by atoms with Crippen molar-refractivity contribution in [2.24, 2.45) is 5.92 Å². The third kappa shape index (κ3) is 4.87. The van der Waals surface area contributed by atoms with Crippen LogP contribution < -0.4 is 5.32 Å². The Bertz CT molecular complexity index is 503. The van der Waals surface area contributed by atoms with Crippen LogP contribution in [0.4, 0.5) is 0 Å². The van der Waals surface area contributed by atoms with Crippen LogP contribution in [0, 0.1) is 5.92 Å². The SMILES string of the molecule is COC(=O)C[C@@H](C)[C@H](NC(=O)c1cccnc1)C(=O)OC. The van der Waals surface area contributed by atoms with Crippen LogP contribution in [0.3, 0.4) is 0 Å². The Hall–Kier alpha value is -2.44. The van der Waals surface area contributed by atoms with Gasteiger partial charge in [-0.3, -0.25) is 14.6 Å². The molecule has 114 valence electrons. The lowest BCUT2D eigenvalue weighted by Gasteiger charge is -2.22. The predicted octanol–water partition coefficient (Wildman–Crippen LogP) is 0.552. The van der Waals surface area contributed by atoms with E-state index in [-0.39, 0.29) is 6.42 Å². The third-order valence-corrected chi connectivity index (χ3v) is 2.95. The highest BCUT2D eigenvalue weighted by Gasteiger charge is 2.29. The minimum absolute atomic E-state index is 0.0103. The van der Waals surface area contributed by atoms with Gasteiger partial charge < -0.3 is 14.8 Å². The molecule has 7 heteroatoms. The summed E-state index contributed by atoms with van der Waals surface area (Å²) in [5, 5.41) is 2.55. The summed E-state index contributed by atoms with van der Waals surface area (Å²) in [6, 6.07) is 2.24. The van der Waals surface area contributed by atoms with Crippen LogP contribution in [-0.4, -0.2) is 43.1 Å². The first-order valence-electron chi connectivity index (χ1n) is 6.35. The molecular formula is C14H18N2O5. The summed E-state index contributed by atoms with van der Waals surface area (Å²) in [7, 11) is 2.48. The van der Waals surface area contributed by atoms with Crippen molar-refractivity contribution < 1.29 is 23.9 Å². The summed E-state index contributed by atoms with van der Waals surface area (Å²) in [4.78, 5) is 39.0. The van der Waals surface area contributed by atoms with Crippen LogP contribution in [0.5, 0.6) is 0 Å². The molecule has 1 aromatic heterocycles. The molecule has 0 saturated carbocycles. The molecule has 1 aromatic rings. The Balaban J connectivity index is 2.81. The molecule has 0 bridgehead atoms. The van der Waals surface area contributed by atoms with Crippen LogP contribution in [0.1, 0.15) is 23.7 Å². The lowest BCUT2D eigenvalue weighted by Crippen LogP contribution is -2.46. The van der Waals surface area contributed by atoms with E-state index in [1.54, 1.807) is 19.1 Å². The molecule has 0 fully saturated rings. The molecule has 0 spiro atoms. The molecular weight excluding hydrogens is 276 g/mol. The third-order valence-electron chi connectivity index (χ3n) is 2.95. The van der Waals surface area contributed by atoms with E-state index < -0.39 is 29.8 Å². The van der Waals surface area contributed by atoms with E-state index in [9.17, 15) is 14.4 Å². The molecule has 0 saturated heterocycles. The topological polar surface area (TPSA) is 94.6 Å². The van der Waals surface area contributed by atoms with Crippen LogP contribution >= 0.6 is 0 Å². The standard InChI is InChI=1S/C14H18N2O5/c1-9(7-11(17)20-2)12(14(19)21-3)16-13(18)10-5-4-6-15-8-10/h4-6,8-9,12H,7H2,1-3H3,(H,16,18)/t9-,12+/m1/s1. The second kappa shape index (κ2) is 7.98. The van der Waals surface area contributed by atoms with Crippen molar-refractivity contribution in [3.05, 3.63) is 30.1 Å². The fourth-order valence-corrected chi connectivity index (χ4v) is 1.75. The number of methoxy groups -OCH3 is 2. The highest BCUT2D eigenvalue weighted by atomic mass is 16.5. The minimum Gasteiger partial charge on any atom is -0.469 e. The summed E-state index contributed by atoms with van der Waals surface area (Å²) >= 11 is 0. The Morgan fingerprint density at radius 3 is 2.52 bits per heavy atom. The fraction of sp³-hybridized carbons (Fsp3) is 0.429. The van der Waals surface area contributed by atoms with Crippen molar-refractivity contribution in [1.82, 2.24) is 10.3 Å². The molecule has 21 heavy (non-hydrogen) atoms. The average molecular weight is 294 g/mol. The molecule has 0 aliphatic carbocycles. The van der Waals surface area contributed by atoms with Crippen LogP contribution in [0.25, 0.3) is 0 Å². The molecule has 2 atom stereocenters. The molecule has 0 aliphatic heterocycles. The lowest BCUT2D eigenvalue weighted by molar-refractivity contribution is -0.146. The van der Waals surface area contributed by atoms with Crippen molar-refractivity contribution in [1.29, 1.82) is 0 Å². The number of ether oxygens (including phenoxy) is 2. The number of esters is 2. The Morgan fingerprint density at radius 2 is 2.00 bits per heavy atom. The normalized spacial score (nSPS) is 12.9. The second-order valence-electron chi connectivity index (χ2n) is 4.47. The zero-order chi connectivity index (χ0) is 15.8. The molecule has 1 rings (SSSR count). The zero-order valence-electron chi connectivity index (χ0n) is 12.2. The molecule has 0 radical (unpaired) electrons. The number of hydrogen-bond donors (Lipinski definition) is 1. The van der Waals surface area contributed by atoms with Gasteiger partial charge in [-0.25, -0.2) is 4.79 Å². The number of carbonyl (C=O) groups is 3. The largest absolute Gasteiger partial charge is 0.469 e. The number of nitrogens with zero attached hydrogens (tertiary/aromatic N) is 1. The van der Waals surface area contributed by atoms with E-state index in [0.717, 1.165) is 0 Å². The number of pyridine rings is 1. The van der Waals surface area contributed by atoms with Crippen LogP contribution in [0.15, 0.2) is 24.5 Å². The van der Waals surface area contributed by atoms with Gasteiger partial charge in [0.1, 0.15) is 6.04 Å². The molecule has 1 amide bonds. The van der Waals surface area contributed by atoms with Crippen LogP contribution in [0.2, 0.25) is 0 Å². The number of carbonyl (C=O) groups excluding carboxylic acids is 3. The predicted molar refractivity (Wildman–Crippen MR) is 73.3 cm³/mol. The smallest absolute Gasteiger partial charge is 0.328 e. The van der Waals surface area contributed by atoms with Crippen molar-refractivity contribution in [3.8, 4) is 0 Å². The highest BCUT2D eigenvalue weighted by Crippen LogP contribution is 2.12. The Kier molecular flexibility index (Phi) is 6.32. The van der Waals surface area contributed by atoms with E-state index in [1.807, 2.05) is 0 Å². The second-order valence-corrected chi connectivity index (χ2v) is 4.47. The van der Waals surface area contributed by atoms with E-state index in [1.165, 1.54) is 26.6 Å². The number of amides is 1. The van der Waals surface area contributed by atoms with E-state index >= 15 is 0 Å². The zero-order valence-corrected chi connectivity index (χ0v) is 12.2. The van der Waals surface area contributed by atoms with Crippen LogP contribution in [-0.2, 0) is 19.1 Å². The summed E-state index contributed by atoms with van der Waals surface area (Å²) in [5.41, 5.74) is 0.316. The molecule has 1 heterocycles. The monoisotopic (exact) mass is 294 g/mol. The first kappa shape index (κ1) is 16.6. The van der Waals surface area contributed by atoms with E-state index in [2.05, 4.69) is 19.8 Å². The summed E-state index contributed by atoms with van der Waals surface area (Å²) in [6.45, 7) is 1.65. The summed E-state index contributed by atoms with van der Waals surface area (Å²) in [6.07, 6.45) is 2.91. The van der Waals surface area contributed by atoms with Gasteiger partial charge >= 0.3 is 11.9 Å². The molecule has 1 N–H and O–H groups in total. The highest BCUT2D eigenvalue weighted by molar-refractivity contribution is 5.96. The average Bonchev–Trinajstić information content (AvgIpc) is 2.52. The molecule has 0 aliphatic rings. The quantitative estimate of drug-likeness (QED) is 0.770. The van der Waals surface area contributed by atoms with Gasteiger partial charge in [-0.15, -0.1) is 0 Å². The van der Waals surface area contributed by atoms with Gasteiger partial charge in [0.05, 0.1) is 26.2 Å².